The van der Waals surface area contributed by atoms with Gasteiger partial charge in [0.1, 0.15) is 0 Å². The number of benzene rings is 1. The fourth-order valence-electron chi connectivity index (χ4n) is 2.65. The zero-order valence-electron chi connectivity index (χ0n) is 17.9. The number of nitrogens with one attached hydrogen (secondary N) is 2. The molecule has 0 aliphatic heterocycles. The van der Waals surface area contributed by atoms with Gasteiger partial charge in [0, 0.05) is 18.2 Å². The number of methoxy groups -OCH3 is 3. The van der Waals surface area contributed by atoms with E-state index >= 15 is 0 Å². The zero-order chi connectivity index (χ0) is 20.5. The second-order valence-corrected chi connectivity index (χ2v) is 6.41. The topological polar surface area (TPSA) is 90.1 Å². The van der Waals surface area contributed by atoms with Crippen LogP contribution in [0.2, 0.25) is 0 Å². The monoisotopic (exact) mass is 518 g/mol. The molecule has 2 rings (SSSR count). The molecule has 0 amide bonds. The molecule has 0 unspecified atom stereocenters. The van der Waals surface area contributed by atoms with E-state index in [0.29, 0.717) is 42.2 Å². The predicted octanol–water partition coefficient (Wildman–Crippen LogP) is 3.70. The van der Waals surface area contributed by atoms with Crippen LogP contribution in [-0.4, -0.2) is 39.0 Å². The quantitative estimate of drug-likeness (QED) is 0.297. The fourth-order valence-corrected chi connectivity index (χ4v) is 2.65. The first kappa shape index (κ1) is 24.9. The van der Waals surface area contributed by atoms with E-state index in [1.54, 1.807) is 21.3 Å². The summed E-state index contributed by atoms with van der Waals surface area (Å²) in [7, 11) is 4.78. The van der Waals surface area contributed by atoms with Crippen molar-refractivity contribution in [1.82, 2.24) is 15.8 Å². The Balaban J connectivity index is 0.00000420. The first-order chi connectivity index (χ1) is 13.5. The molecule has 162 valence electrons. The molecule has 0 aliphatic carbocycles. The van der Waals surface area contributed by atoms with Gasteiger partial charge in [-0.1, -0.05) is 19.0 Å². The van der Waals surface area contributed by atoms with E-state index in [9.17, 15) is 0 Å². The maximum atomic E-state index is 5.52. The molecular weight excluding hydrogens is 487 g/mol. The van der Waals surface area contributed by atoms with Crippen LogP contribution < -0.4 is 24.8 Å². The number of hydrogen-bond acceptors (Lipinski definition) is 6. The highest BCUT2D eigenvalue weighted by Gasteiger charge is 2.15. The van der Waals surface area contributed by atoms with E-state index in [1.165, 1.54) is 0 Å². The molecule has 1 aromatic carbocycles. The minimum absolute atomic E-state index is 0. The van der Waals surface area contributed by atoms with Crippen molar-refractivity contribution in [3.05, 3.63) is 35.2 Å². The lowest BCUT2D eigenvalue weighted by Crippen LogP contribution is -2.36. The van der Waals surface area contributed by atoms with E-state index in [-0.39, 0.29) is 24.0 Å². The second-order valence-electron chi connectivity index (χ2n) is 6.41. The van der Waals surface area contributed by atoms with Crippen molar-refractivity contribution in [2.45, 2.75) is 39.8 Å². The SMILES string of the molecule is CCNC(=NCc1ccc(OC)c(OC)c1OC)NCc1cc(C(C)C)no1.I. The van der Waals surface area contributed by atoms with Crippen molar-refractivity contribution >= 4 is 29.9 Å². The van der Waals surface area contributed by atoms with Crippen molar-refractivity contribution in [3.63, 3.8) is 0 Å². The Morgan fingerprint density at radius 1 is 1.10 bits per heavy atom. The van der Waals surface area contributed by atoms with Gasteiger partial charge in [0.05, 0.1) is 40.1 Å². The lowest BCUT2D eigenvalue weighted by molar-refractivity contribution is 0.322. The molecule has 0 aliphatic rings. The van der Waals surface area contributed by atoms with Gasteiger partial charge < -0.3 is 29.4 Å². The lowest BCUT2D eigenvalue weighted by atomic mass is 10.1. The molecule has 1 heterocycles. The number of aliphatic imine (C=N–C) groups is 1. The minimum atomic E-state index is 0. The molecule has 0 saturated carbocycles. The van der Waals surface area contributed by atoms with E-state index in [2.05, 4.69) is 34.6 Å². The van der Waals surface area contributed by atoms with Gasteiger partial charge in [-0.15, -0.1) is 24.0 Å². The number of guanidine groups is 1. The predicted molar refractivity (Wildman–Crippen MR) is 124 cm³/mol. The van der Waals surface area contributed by atoms with Crippen LogP contribution >= 0.6 is 24.0 Å². The Bertz CT molecular complexity index is 793. The molecule has 0 atom stereocenters. The van der Waals surface area contributed by atoms with Crippen LogP contribution in [-0.2, 0) is 13.1 Å². The Labute approximate surface area is 189 Å². The highest BCUT2D eigenvalue weighted by molar-refractivity contribution is 14.0. The molecule has 2 N–H and O–H groups in total. The largest absolute Gasteiger partial charge is 0.493 e. The standard InChI is InChI=1S/C20H30N4O4.HI/c1-7-21-20(23-12-15-10-16(13(2)3)24-28-15)22-11-14-8-9-17(25-4)19(27-6)18(14)26-5;/h8-10,13H,7,11-12H2,1-6H3,(H2,21,22,23);1H. The number of aromatic nitrogens is 1. The van der Waals surface area contributed by atoms with E-state index < -0.39 is 0 Å². The van der Waals surface area contributed by atoms with Gasteiger partial charge in [0.2, 0.25) is 5.75 Å². The maximum Gasteiger partial charge on any atom is 0.203 e. The molecule has 0 radical (unpaired) electrons. The molecule has 0 bridgehead atoms. The summed E-state index contributed by atoms with van der Waals surface area (Å²) in [6, 6.07) is 5.71. The molecule has 1 aromatic heterocycles. The van der Waals surface area contributed by atoms with Gasteiger partial charge in [-0.05, 0) is 25.0 Å². The van der Waals surface area contributed by atoms with Crippen LogP contribution in [0.25, 0.3) is 0 Å². The van der Waals surface area contributed by atoms with E-state index in [4.69, 9.17) is 18.7 Å². The number of ether oxygens (including phenoxy) is 3. The third-order valence-corrected chi connectivity index (χ3v) is 4.14. The van der Waals surface area contributed by atoms with Gasteiger partial charge in [0.15, 0.2) is 23.2 Å². The Morgan fingerprint density at radius 3 is 2.38 bits per heavy atom. The molecule has 29 heavy (non-hydrogen) atoms. The van der Waals surface area contributed by atoms with Gasteiger partial charge in [-0.3, -0.25) is 0 Å². The Hall–Kier alpha value is -2.17. The Morgan fingerprint density at radius 2 is 1.83 bits per heavy atom. The number of halogens is 1. The minimum Gasteiger partial charge on any atom is -0.493 e. The lowest BCUT2D eigenvalue weighted by Gasteiger charge is -2.15. The average Bonchev–Trinajstić information content (AvgIpc) is 3.18. The number of nitrogens with zero attached hydrogens (tertiary/aromatic N) is 2. The van der Waals surface area contributed by atoms with Crippen LogP contribution in [0.5, 0.6) is 17.2 Å². The van der Waals surface area contributed by atoms with Crippen LogP contribution in [0.4, 0.5) is 0 Å². The van der Waals surface area contributed by atoms with Gasteiger partial charge in [-0.2, -0.15) is 0 Å². The summed E-state index contributed by atoms with van der Waals surface area (Å²) in [5, 5.41) is 10.6. The van der Waals surface area contributed by atoms with E-state index in [0.717, 1.165) is 23.6 Å². The first-order valence-corrected chi connectivity index (χ1v) is 9.29. The third kappa shape index (κ3) is 6.69. The van der Waals surface area contributed by atoms with Crippen LogP contribution in [0.3, 0.4) is 0 Å². The maximum absolute atomic E-state index is 5.52. The van der Waals surface area contributed by atoms with Gasteiger partial charge in [-0.25, -0.2) is 4.99 Å². The summed E-state index contributed by atoms with van der Waals surface area (Å²) in [6.45, 7) is 7.82. The van der Waals surface area contributed by atoms with Crippen LogP contribution in [0, 0.1) is 0 Å². The summed E-state index contributed by atoms with van der Waals surface area (Å²) in [5.74, 6) is 3.54. The molecule has 2 aromatic rings. The number of hydrogen-bond donors (Lipinski definition) is 2. The molecule has 9 heteroatoms. The third-order valence-electron chi connectivity index (χ3n) is 4.14. The summed E-state index contributed by atoms with van der Waals surface area (Å²) in [5.41, 5.74) is 1.83. The summed E-state index contributed by atoms with van der Waals surface area (Å²) >= 11 is 0. The smallest absolute Gasteiger partial charge is 0.203 e. The normalized spacial score (nSPS) is 11.1. The molecule has 8 nitrogen and oxygen atoms in total. The van der Waals surface area contributed by atoms with Crippen LogP contribution in [0.1, 0.15) is 43.7 Å². The van der Waals surface area contributed by atoms with Gasteiger partial charge in [0.25, 0.3) is 0 Å². The van der Waals surface area contributed by atoms with Crippen molar-refractivity contribution in [3.8, 4) is 17.2 Å². The van der Waals surface area contributed by atoms with Crippen molar-refractivity contribution in [2.75, 3.05) is 27.9 Å². The number of rotatable bonds is 9. The molecule has 0 saturated heterocycles. The highest BCUT2D eigenvalue weighted by atomic mass is 127. The molecular formula is C20H31IN4O4. The highest BCUT2D eigenvalue weighted by Crippen LogP contribution is 2.39. The van der Waals surface area contributed by atoms with E-state index in [1.807, 2.05) is 25.1 Å². The second kappa shape index (κ2) is 12.4. The van der Waals surface area contributed by atoms with Gasteiger partial charge >= 0.3 is 0 Å². The first-order valence-electron chi connectivity index (χ1n) is 9.29. The fraction of sp³-hybridized carbons (Fsp3) is 0.500. The van der Waals surface area contributed by atoms with Crippen molar-refractivity contribution in [1.29, 1.82) is 0 Å². The van der Waals surface area contributed by atoms with Crippen molar-refractivity contribution in [2.24, 2.45) is 4.99 Å². The zero-order valence-corrected chi connectivity index (χ0v) is 20.2. The summed E-state index contributed by atoms with van der Waals surface area (Å²) < 4.78 is 21.6. The molecule has 0 spiro atoms. The Kier molecular flexibility index (Phi) is 10.6. The van der Waals surface area contributed by atoms with Crippen molar-refractivity contribution < 1.29 is 18.7 Å². The molecule has 0 fully saturated rings. The summed E-state index contributed by atoms with van der Waals surface area (Å²) in [6.07, 6.45) is 0. The summed E-state index contributed by atoms with van der Waals surface area (Å²) in [4.78, 5) is 4.64. The van der Waals surface area contributed by atoms with Crippen LogP contribution in [0.15, 0.2) is 27.7 Å². The average molecular weight is 518 g/mol.